The molecule has 1 atom stereocenters. The van der Waals surface area contributed by atoms with Gasteiger partial charge in [-0.25, -0.2) is 22.5 Å². The molecule has 1 aliphatic rings. The fourth-order valence-corrected chi connectivity index (χ4v) is 2.44. The molecule has 0 saturated heterocycles. The predicted octanol–water partition coefficient (Wildman–Crippen LogP) is 3.99. The smallest absolute Gasteiger partial charge is 0.274 e. The van der Waals surface area contributed by atoms with Gasteiger partial charge in [0.1, 0.15) is 11.6 Å². The molecule has 0 fully saturated rings. The Labute approximate surface area is 118 Å². The quantitative estimate of drug-likeness (QED) is 0.782. The highest BCUT2D eigenvalue weighted by Gasteiger charge is 2.30. The van der Waals surface area contributed by atoms with Crippen LogP contribution in [0.3, 0.4) is 0 Å². The Bertz CT molecular complexity index is 675. The van der Waals surface area contributed by atoms with Gasteiger partial charge in [0, 0.05) is 23.4 Å². The number of aromatic nitrogens is 1. The molecule has 0 amide bonds. The van der Waals surface area contributed by atoms with Crippen LogP contribution in [0.25, 0.3) is 11.1 Å². The highest BCUT2D eigenvalue weighted by atomic mass is 19.3. The van der Waals surface area contributed by atoms with Crippen molar-refractivity contribution in [2.75, 3.05) is 0 Å². The Hall–Kier alpha value is -2.11. The summed E-state index contributed by atoms with van der Waals surface area (Å²) >= 11 is 0. The number of halogens is 4. The summed E-state index contributed by atoms with van der Waals surface area (Å²) < 4.78 is 57.4. The molecule has 0 N–H and O–H groups in total. The molecule has 3 rings (SSSR count). The van der Waals surface area contributed by atoms with E-state index in [2.05, 4.69) is 4.98 Å². The molecule has 1 aliphatic heterocycles. The van der Waals surface area contributed by atoms with Crippen LogP contribution in [-0.4, -0.2) is 17.5 Å². The van der Waals surface area contributed by atoms with Crippen LogP contribution >= 0.6 is 0 Å². The molecule has 0 aliphatic carbocycles. The zero-order valence-corrected chi connectivity index (χ0v) is 10.8. The number of ether oxygens (including phenoxy) is 1. The van der Waals surface area contributed by atoms with E-state index in [0.29, 0.717) is 17.5 Å². The summed E-state index contributed by atoms with van der Waals surface area (Å²) in [6.45, 7) is 0. The first kappa shape index (κ1) is 13.9. The van der Waals surface area contributed by atoms with Crippen molar-refractivity contribution in [2.45, 2.75) is 25.4 Å². The first-order valence-corrected chi connectivity index (χ1v) is 6.44. The second-order valence-corrected chi connectivity index (χ2v) is 4.80. The van der Waals surface area contributed by atoms with E-state index >= 15 is 0 Å². The first-order valence-electron chi connectivity index (χ1n) is 6.44. The lowest BCUT2D eigenvalue weighted by Gasteiger charge is -2.26. The summed E-state index contributed by atoms with van der Waals surface area (Å²) in [5, 5.41) is 0. The Morgan fingerprint density at radius 1 is 1.14 bits per heavy atom. The van der Waals surface area contributed by atoms with Crippen LogP contribution < -0.4 is 4.74 Å². The predicted molar refractivity (Wildman–Crippen MR) is 68.3 cm³/mol. The summed E-state index contributed by atoms with van der Waals surface area (Å²) in [6, 6.07) is 4.82. The molecule has 0 radical (unpaired) electrons. The minimum atomic E-state index is -2.59. The van der Waals surface area contributed by atoms with Crippen molar-refractivity contribution in [1.82, 2.24) is 4.98 Å². The average Bonchev–Trinajstić information content (AvgIpc) is 2.46. The zero-order valence-electron chi connectivity index (χ0n) is 10.8. The fourth-order valence-electron chi connectivity index (χ4n) is 2.44. The fraction of sp³-hybridized carbons (Fsp3) is 0.267. The number of fused-ring (bicyclic) bond motifs is 1. The third-order valence-corrected chi connectivity index (χ3v) is 3.46. The van der Waals surface area contributed by atoms with E-state index in [1.807, 2.05) is 0 Å². The number of pyridine rings is 1. The lowest BCUT2D eigenvalue weighted by molar-refractivity contribution is -0.00207. The summed E-state index contributed by atoms with van der Waals surface area (Å²) in [5.74, 6) is -1.29. The lowest BCUT2D eigenvalue weighted by Crippen LogP contribution is -2.30. The number of alkyl halides is 2. The van der Waals surface area contributed by atoms with E-state index < -0.39 is 24.2 Å². The van der Waals surface area contributed by atoms with Gasteiger partial charge in [-0.15, -0.1) is 0 Å². The first-order chi connectivity index (χ1) is 10.1. The molecule has 110 valence electrons. The minimum absolute atomic E-state index is 0.0905. The van der Waals surface area contributed by atoms with E-state index in [-0.39, 0.29) is 17.9 Å². The molecule has 1 aromatic carbocycles. The van der Waals surface area contributed by atoms with Gasteiger partial charge in [-0.1, -0.05) is 0 Å². The molecule has 2 heterocycles. The molecule has 21 heavy (non-hydrogen) atoms. The van der Waals surface area contributed by atoms with E-state index in [1.165, 1.54) is 12.3 Å². The van der Waals surface area contributed by atoms with Crippen LogP contribution in [0, 0.1) is 11.6 Å². The minimum Gasteiger partial charge on any atom is -0.468 e. The molecule has 0 bridgehead atoms. The largest absolute Gasteiger partial charge is 0.468 e. The van der Waals surface area contributed by atoms with E-state index in [0.717, 1.165) is 12.1 Å². The lowest BCUT2D eigenvalue weighted by atomic mass is 9.95. The highest BCUT2D eigenvalue weighted by molar-refractivity contribution is 5.69. The summed E-state index contributed by atoms with van der Waals surface area (Å²) in [4.78, 5) is 3.93. The van der Waals surface area contributed by atoms with Gasteiger partial charge < -0.3 is 4.74 Å². The molecule has 0 saturated carbocycles. The van der Waals surface area contributed by atoms with Gasteiger partial charge in [-0.3, -0.25) is 0 Å². The van der Waals surface area contributed by atoms with Crippen molar-refractivity contribution in [2.24, 2.45) is 0 Å². The van der Waals surface area contributed by atoms with Crippen LogP contribution in [-0.2, 0) is 6.42 Å². The molecular weight excluding hydrogens is 286 g/mol. The maximum Gasteiger partial charge on any atom is 0.274 e. The molecule has 0 unspecified atom stereocenters. The third kappa shape index (κ3) is 2.57. The Balaban J connectivity index is 2.04. The number of hydrogen-bond acceptors (Lipinski definition) is 2. The third-order valence-electron chi connectivity index (χ3n) is 3.46. The number of nitrogens with zero attached hydrogens (tertiary/aromatic N) is 1. The topological polar surface area (TPSA) is 22.1 Å². The van der Waals surface area contributed by atoms with Crippen LogP contribution in [0.4, 0.5) is 17.6 Å². The van der Waals surface area contributed by atoms with E-state index in [4.69, 9.17) is 4.74 Å². The monoisotopic (exact) mass is 297 g/mol. The number of benzene rings is 1. The second kappa shape index (κ2) is 5.35. The molecule has 1 aromatic heterocycles. The van der Waals surface area contributed by atoms with Gasteiger partial charge >= 0.3 is 0 Å². The maximum absolute atomic E-state index is 13.9. The standard InChI is InChI=1S/C15H11F4NO/c16-8-1-2-10(12(17)7-8)9-5-6-20-15-11(9)3-4-13(21-15)14(18)19/h1-2,5-7,13-14H,3-4H2/t13-/m0/s1. The van der Waals surface area contributed by atoms with Gasteiger partial charge in [0.15, 0.2) is 6.10 Å². The van der Waals surface area contributed by atoms with Gasteiger partial charge in [-0.2, -0.15) is 0 Å². The SMILES string of the molecule is Fc1ccc(-c2ccnc3c2CC[C@@H](C(F)F)O3)c(F)c1. The van der Waals surface area contributed by atoms with Gasteiger partial charge in [0.05, 0.1) is 0 Å². The van der Waals surface area contributed by atoms with Crippen molar-refractivity contribution < 1.29 is 22.3 Å². The average molecular weight is 297 g/mol. The normalized spacial score (nSPS) is 17.5. The van der Waals surface area contributed by atoms with Gasteiger partial charge in [0.2, 0.25) is 5.88 Å². The molecule has 0 spiro atoms. The molecule has 6 heteroatoms. The molecule has 2 aromatic rings. The Morgan fingerprint density at radius 3 is 2.67 bits per heavy atom. The van der Waals surface area contributed by atoms with E-state index in [9.17, 15) is 17.6 Å². The van der Waals surface area contributed by atoms with Crippen molar-refractivity contribution >= 4 is 0 Å². The van der Waals surface area contributed by atoms with Crippen molar-refractivity contribution in [3.05, 3.63) is 47.7 Å². The maximum atomic E-state index is 13.9. The number of hydrogen-bond donors (Lipinski definition) is 0. The number of rotatable bonds is 2. The van der Waals surface area contributed by atoms with E-state index in [1.54, 1.807) is 6.07 Å². The van der Waals surface area contributed by atoms with Crippen LogP contribution in [0.5, 0.6) is 5.88 Å². The van der Waals surface area contributed by atoms with Crippen LogP contribution in [0.1, 0.15) is 12.0 Å². The van der Waals surface area contributed by atoms with Gasteiger partial charge in [0.25, 0.3) is 6.43 Å². The Kier molecular flexibility index (Phi) is 3.53. The molecular formula is C15H11F4NO. The summed E-state index contributed by atoms with van der Waals surface area (Å²) in [6.07, 6.45) is -1.98. The highest BCUT2D eigenvalue weighted by Crippen LogP contribution is 2.36. The summed E-state index contributed by atoms with van der Waals surface area (Å²) in [7, 11) is 0. The van der Waals surface area contributed by atoms with Crippen LogP contribution in [0.2, 0.25) is 0 Å². The molecule has 2 nitrogen and oxygen atoms in total. The van der Waals surface area contributed by atoms with Crippen molar-refractivity contribution in [3.63, 3.8) is 0 Å². The summed E-state index contributed by atoms with van der Waals surface area (Å²) in [5.41, 5.74) is 1.26. The van der Waals surface area contributed by atoms with Crippen LogP contribution in [0.15, 0.2) is 30.5 Å². The van der Waals surface area contributed by atoms with Gasteiger partial charge in [-0.05, 0) is 36.6 Å². The second-order valence-electron chi connectivity index (χ2n) is 4.80. The Morgan fingerprint density at radius 2 is 1.95 bits per heavy atom. The van der Waals surface area contributed by atoms with Crippen molar-refractivity contribution in [3.8, 4) is 17.0 Å². The van der Waals surface area contributed by atoms with Crippen molar-refractivity contribution in [1.29, 1.82) is 0 Å². The zero-order chi connectivity index (χ0) is 15.0.